The summed E-state index contributed by atoms with van der Waals surface area (Å²) in [6.45, 7) is 1.88. The molecule has 0 aromatic rings. The van der Waals surface area contributed by atoms with Gasteiger partial charge in [0.05, 0.1) is 0 Å². The predicted molar refractivity (Wildman–Crippen MR) is 42.2 cm³/mol. The average Bonchev–Trinajstić information content (AvgIpc) is 2.13. The van der Waals surface area contributed by atoms with Crippen molar-refractivity contribution in [1.29, 1.82) is 0 Å². The van der Waals surface area contributed by atoms with E-state index in [9.17, 15) is 4.79 Å². The lowest BCUT2D eigenvalue weighted by Crippen LogP contribution is -2.25. The first-order chi connectivity index (χ1) is 4.54. The first kappa shape index (κ1) is 7.95. The minimum absolute atomic E-state index is 0.439. The Labute approximate surface area is 68.3 Å². The summed E-state index contributed by atoms with van der Waals surface area (Å²) in [5.74, 6) is -0.952. The van der Waals surface area contributed by atoms with Crippen molar-refractivity contribution in [2.45, 2.75) is 17.6 Å². The first-order valence-electron chi connectivity index (χ1n) is 2.80. The molecule has 1 aliphatic heterocycles. The third kappa shape index (κ3) is 1.30. The van der Waals surface area contributed by atoms with Gasteiger partial charge in [0, 0.05) is 6.42 Å². The summed E-state index contributed by atoms with van der Waals surface area (Å²) in [4.78, 5) is 10.5. The van der Waals surface area contributed by atoms with Gasteiger partial charge in [-0.2, -0.15) is 0 Å². The fraction of sp³-hybridized carbons (Fsp3) is 0.500. The Morgan fingerprint density at radius 1 is 2.00 bits per heavy atom. The van der Waals surface area contributed by atoms with E-state index in [2.05, 4.69) is 0 Å². The second-order valence-corrected chi connectivity index (χ2v) is 4.33. The van der Waals surface area contributed by atoms with Crippen LogP contribution in [0.4, 0.5) is 0 Å². The van der Waals surface area contributed by atoms with E-state index in [1.807, 2.05) is 6.92 Å². The minimum Gasteiger partial charge on any atom is -0.479 e. The maximum Gasteiger partial charge on any atom is 0.335 e. The summed E-state index contributed by atoms with van der Waals surface area (Å²) >= 11 is 6.88. The molecule has 0 saturated carbocycles. The average molecular weight is 179 g/mol. The van der Waals surface area contributed by atoms with E-state index in [-0.39, 0.29) is 0 Å². The summed E-state index contributed by atoms with van der Waals surface area (Å²) < 4.78 is -1.12. The van der Waals surface area contributed by atoms with Gasteiger partial charge in [-0.1, -0.05) is 28.9 Å². The predicted octanol–water partition coefficient (Wildman–Crippen LogP) is 2.05. The number of allylic oxidation sites excluding steroid dienone is 1. The summed E-state index contributed by atoms with van der Waals surface area (Å²) in [6.07, 6.45) is 0.439. The van der Waals surface area contributed by atoms with Gasteiger partial charge in [0.2, 0.25) is 0 Å². The molecule has 0 saturated heterocycles. The van der Waals surface area contributed by atoms with E-state index in [4.69, 9.17) is 16.7 Å². The van der Waals surface area contributed by atoms with Crippen molar-refractivity contribution in [3.63, 3.8) is 0 Å². The molecule has 1 atom stereocenters. The second-order valence-electron chi connectivity index (χ2n) is 2.29. The molecule has 0 fully saturated rings. The zero-order valence-corrected chi connectivity index (χ0v) is 7.00. The van der Waals surface area contributed by atoms with Crippen LogP contribution < -0.4 is 0 Å². The van der Waals surface area contributed by atoms with Gasteiger partial charge in [-0.25, -0.2) is 4.79 Å². The summed E-state index contributed by atoms with van der Waals surface area (Å²) in [6, 6.07) is 0. The van der Waals surface area contributed by atoms with Crippen LogP contribution in [-0.4, -0.2) is 15.3 Å². The van der Waals surface area contributed by atoms with Gasteiger partial charge >= 0.3 is 5.97 Å². The van der Waals surface area contributed by atoms with E-state index in [0.717, 1.165) is 17.3 Å². The highest BCUT2D eigenvalue weighted by Gasteiger charge is 2.39. The molecule has 10 heavy (non-hydrogen) atoms. The van der Waals surface area contributed by atoms with Gasteiger partial charge < -0.3 is 5.11 Å². The third-order valence-corrected chi connectivity index (χ3v) is 3.05. The zero-order valence-electron chi connectivity index (χ0n) is 5.43. The van der Waals surface area contributed by atoms with E-state index >= 15 is 0 Å². The number of carboxylic acid groups (broad SMARTS) is 1. The fourth-order valence-corrected chi connectivity index (χ4v) is 1.99. The number of hydrogen-bond acceptors (Lipinski definition) is 2. The lowest BCUT2D eigenvalue weighted by atomic mass is 10.2. The van der Waals surface area contributed by atoms with Crippen LogP contribution in [0.3, 0.4) is 0 Å². The molecule has 0 amide bonds. The molecule has 0 bridgehead atoms. The lowest BCUT2D eigenvalue weighted by Gasteiger charge is -2.12. The molecule has 56 valence electrons. The topological polar surface area (TPSA) is 37.3 Å². The molecular formula is C6H7ClO2S. The lowest BCUT2D eigenvalue weighted by molar-refractivity contribution is -0.137. The van der Waals surface area contributed by atoms with Crippen LogP contribution in [0, 0.1) is 0 Å². The molecule has 0 aliphatic carbocycles. The Morgan fingerprint density at radius 3 is 2.80 bits per heavy atom. The molecule has 4 heteroatoms. The summed E-state index contributed by atoms with van der Waals surface area (Å²) in [7, 11) is 0. The van der Waals surface area contributed by atoms with Crippen LogP contribution in [-0.2, 0) is 4.79 Å². The Kier molecular flexibility index (Phi) is 1.97. The van der Waals surface area contributed by atoms with Crippen LogP contribution in [0.2, 0.25) is 0 Å². The molecule has 1 rings (SSSR count). The molecule has 1 heterocycles. The van der Waals surface area contributed by atoms with Crippen molar-refractivity contribution in [2.75, 3.05) is 0 Å². The Morgan fingerprint density at radius 2 is 2.60 bits per heavy atom. The quantitative estimate of drug-likeness (QED) is 0.625. The molecule has 0 radical (unpaired) electrons. The van der Waals surface area contributed by atoms with Gasteiger partial charge in [-0.05, 0) is 12.3 Å². The maximum absolute atomic E-state index is 10.5. The number of alkyl halides is 1. The molecule has 1 unspecified atom stereocenters. The summed E-state index contributed by atoms with van der Waals surface area (Å²) in [5, 5.41) is 10.4. The molecule has 0 aromatic heterocycles. The highest BCUT2D eigenvalue weighted by Crippen LogP contribution is 2.43. The van der Waals surface area contributed by atoms with Crippen LogP contribution in [0.25, 0.3) is 0 Å². The van der Waals surface area contributed by atoms with Crippen molar-refractivity contribution in [2.24, 2.45) is 0 Å². The fourth-order valence-electron chi connectivity index (χ4n) is 0.762. The van der Waals surface area contributed by atoms with Crippen molar-refractivity contribution >= 4 is 29.3 Å². The summed E-state index contributed by atoms with van der Waals surface area (Å²) in [5.41, 5.74) is 1.03. The van der Waals surface area contributed by atoms with Gasteiger partial charge in [-0.15, -0.1) is 0 Å². The molecule has 2 nitrogen and oxygen atoms in total. The van der Waals surface area contributed by atoms with Crippen molar-refractivity contribution in [1.82, 2.24) is 0 Å². The van der Waals surface area contributed by atoms with Gasteiger partial charge in [0.1, 0.15) is 0 Å². The number of halogens is 1. The van der Waals surface area contributed by atoms with Crippen LogP contribution in [0.15, 0.2) is 11.0 Å². The van der Waals surface area contributed by atoms with E-state index in [0.29, 0.717) is 6.42 Å². The van der Waals surface area contributed by atoms with Crippen molar-refractivity contribution in [3.8, 4) is 0 Å². The monoisotopic (exact) mass is 178 g/mol. The van der Waals surface area contributed by atoms with Crippen LogP contribution in [0.5, 0.6) is 0 Å². The van der Waals surface area contributed by atoms with Crippen molar-refractivity contribution < 1.29 is 9.90 Å². The number of aliphatic carboxylic acids is 1. The van der Waals surface area contributed by atoms with Crippen LogP contribution >= 0.6 is 23.4 Å². The minimum atomic E-state index is -1.12. The molecule has 1 N–H and O–H groups in total. The Balaban J connectivity index is 2.70. The Bertz CT molecular complexity index is 202. The SMILES string of the molecule is CC1=CSC(Cl)(C(=O)O)C1. The smallest absolute Gasteiger partial charge is 0.335 e. The number of carboxylic acids is 1. The van der Waals surface area contributed by atoms with E-state index in [1.165, 1.54) is 0 Å². The number of carbonyl (C=O) groups is 1. The van der Waals surface area contributed by atoms with Crippen LogP contribution in [0.1, 0.15) is 13.3 Å². The van der Waals surface area contributed by atoms with Crippen molar-refractivity contribution in [3.05, 3.63) is 11.0 Å². The van der Waals surface area contributed by atoms with Gasteiger partial charge in [-0.3, -0.25) is 0 Å². The second kappa shape index (κ2) is 2.47. The van der Waals surface area contributed by atoms with Gasteiger partial charge in [0.25, 0.3) is 0 Å². The van der Waals surface area contributed by atoms with E-state index < -0.39 is 10.2 Å². The zero-order chi connectivity index (χ0) is 7.78. The Hall–Kier alpha value is -0.150. The highest BCUT2D eigenvalue weighted by molar-refractivity contribution is 8.05. The number of hydrogen-bond donors (Lipinski definition) is 1. The third-order valence-electron chi connectivity index (χ3n) is 1.27. The number of thioether (sulfide) groups is 1. The highest BCUT2D eigenvalue weighted by atomic mass is 35.5. The standard InChI is InChI=1S/C6H7ClO2S/c1-4-2-6(7,5(8)9)10-3-4/h3H,2H2,1H3,(H,8,9). The molecular weight excluding hydrogens is 172 g/mol. The first-order valence-corrected chi connectivity index (χ1v) is 4.06. The number of rotatable bonds is 1. The van der Waals surface area contributed by atoms with Gasteiger partial charge in [0.15, 0.2) is 4.21 Å². The molecule has 0 aromatic carbocycles. The maximum atomic E-state index is 10.5. The normalized spacial score (nSPS) is 32.0. The largest absolute Gasteiger partial charge is 0.479 e. The van der Waals surface area contributed by atoms with E-state index in [1.54, 1.807) is 5.41 Å². The molecule has 1 aliphatic rings. The molecule has 0 spiro atoms.